The molecule has 2 aromatic heterocycles. The molecule has 23 heavy (non-hydrogen) atoms. The average Bonchev–Trinajstić information content (AvgIpc) is 3.00. The third kappa shape index (κ3) is 3.18. The minimum Gasteiger partial charge on any atom is -0.322 e. The normalized spacial score (nSPS) is 10.0. The topological polar surface area (TPSA) is 91.2 Å². The van der Waals surface area contributed by atoms with Crippen molar-refractivity contribution in [2.45, 2.75) is 6.54 Å². The fourth-order valence-corrected chi connectivity index (χ4v) is 2.19. The van der Waals surface area contributed by atoms with Crippen LogP contribution >= 0.6 is 11.6 Å². The summed E-state index contributed by atoms with van der Waals surface area (Å²) in [5, 5.41) is 18.4. The zero-order valence-electron chi connectivity index (χ0n) is 11.8. The molecule has 1 aromatic carbocycles. The minimum absolute atomic E-state index is 0.304. The number of nitrogens with zero attached hydrogens (tertiary/aromatic N) is 6. The molecule has 2 heterocycles. The highest BCUT2D eigenvalue weighted by atomic mass is 35.5. The van der Waals surface area contributed by atoms with Crippen molar-refractivity contribution in [1.82, 2.24) is 19.5 Å². The SMILES string of the molecule is N#Cc1ccc(-c2nc(C#N)cn2Cc2ncc(Cl)cn2)cc1. The molecule has 0 aliphatic rings. The van der Waals surface area contributed by atoms with Crippen LogP contribution in [0.25, 0.3) is 11.4 Å². The highest BCUT2D eigenvalue weighted by Crippen LogP contribution is 2.20. The van der Waals surface area contributed by atoms with Gasteiger partial charge in [-0.15, -0.1) is 0 Å². The van der Waals surface area contributed by atoms with Crippen molar-refractivity contribution in [3.05, 3.63) is 65.0 Å². The van der Waals surface area contributed by atoms with E-state index in [2.05, 4.69) is 21.0 Å². The number of rotatable bonds is 3. The summed E-state index contributed by atoms with van der Waals surface area (Å²) < 4.78 is 1.79. The molecular weight excluding hydrogens is 312 g/mol. The van der Waals surface area contributed by atoms with E-state index in [9.17, 15) is 0 Å². The standard InChI is InChI=1S/C16H9ClN6/c17-13-7-20-15(21-8-13)10-23-9-14(6-19)22-16(23)12-3-1-11(5-18)2-4-12/h1-4,7-9H,10H2. The van der Waals surface area contributed by atoms with E-state index in [-0.39, 0.29) is 0 Å². The zero-order chi connectivity index (χ0) is 16.2. The summed E-state index contributed by atoms with van der Waals surface area (Å²) in [6, 6.07) is 11.1. The van der Waals surface area contributed by atoms with E-state index >= 15 is 0 Å². The molecule has 0 saturated heterocycles. The number of hydrogen-bond donors (Lipinski definition) is 0. The molecule has 0 radical (unpaired) electrons. The zero-order valence-corrected chi connectivity index (χ0v) is 12.6. The minimum atomic E-state index is 0.304. The van der Waals surface area contributed by atoms with Gasteiger partial charge in [0.25, 0.3) is 0 Å². The van der Waals surface area contributed by atoms with Gasteiger partial charge in [0.15, 0.2) is 5.69 Å². The molecule has 6 nitrogen and oxygen atoms in total. The molecule has 0 atom stereocenters. The molecule has 0 aliphatic heterocycles. The molecule has 0 aliphatic carbocycles. The molecule has 7 heteroatoms. The van der Waals surface area contributed by atoms with Gasteiger partial charge in [-0.1, -0.05) is 11.6 Å². The second kappa shape index (κ2) is 6.27. The van der Waals surface area contributed by atoms with Crippen molar-refractivity contribution in [2.75, 3.05) is 0 Å². The molecule has 110 valence electrons. The molecule has 0 saturated carbocycles. The van der Waals surface area contributed by atoms with Crippen LogP contribution in [0.4, 0.5) is 0 Å². The van der Waals surface area contributed by atoms with Crippen molar-refractivity contribution in [2.24, 2.45) is 0 Å². The van der Waals surface area contributed by atoms with E-state index in [4.69, 9.17) is 22.1 Å². The average molecular weight is 321 g/mol. The van der Waals surface area contributed by atoms with Crippen molar-refractivity contribution < 1.29 is 0 Å². The highest BCUT2D eigenvalue weighted by molar-refractivity contribution is 6.30. The Morgan fingerprint density at radius 3 is 2.35 bits per heavy atom. The van der Waals surface area contributed by atoms with E-state index < -0.39 is 0 Å². The van der Waals surface area contributed by atoms with E-state index in [1.165, 1.54) is 12.4 Å². The molecule has 0 N–H and O–H groups in total. The molecule has 0 unspecified atom stereocenters. The number of benzene rings is 1. The van der Waals surface area contributed by atoms with Crippen LogP contribution in [0, 0.1) is 22.7 Å². The van der Waals surface area contributed by atoms with E-state index in [1.807, 2.05) is 6.07 Å². The maximum atomic E-state index is 9.09. The quantitative estimate of drug-likeness (QED) is 0.740. The number of imidazole rings is 1. The Morgan fingerprint density at radius 2 is 1.74 bits per heavy atom. The molecule has 3 rings (SSSR count). The van der Waals surface area contributed by atoms with Gasteiger partial charge < -0.3 is 4.57 Å². The maximum absolute atomic E-state index is 9.09. The Hall–Kier alpha value is -3.22. The van der Waals surface area contributed by atoms with Gasteiger partial charge >= 0.3 is 0 Å². The second-order valence-electron chi connectivity index (χ2n) is 4.70. The van der Waals surface area contributed by atoms with Crippen LogP contribution < -0.4 is 0 Å². The number of aromatic nitrogens is 4. The first-order chi connectivity index (χ1) is 11.2. The van der Waals surface area contributed by atoms with Crippen LogP contribution in [0.15, 0.2) is 42.9 Å². The van der Waals surface area contributed by atoms with Crippen LogP contribution in [-0.2, 0) is 6.54 Å². The third-order valence-electron chi connectivity index (χ3n) is 3.15. The van der Waals surface area contributed by atoms with Crippen LogP contribution in [0.3, 0.4) is 0 Å². The van der Waals surface area contributed by atoms with Gasteiger partial charge in [-0.2, -0.15) is 10.5 Å². The van der Waals surface area contributed by atoms with Crippen molar-refractivity contribution in [1.29, 1.82) is 10.5 Å². The Labute approximate surface area is 137 Å². The summed E-state index contributed by atoms with van der Waals surface area (Å²) in [5.74, 6) is 1.18. The largest absolute Gasteiger partial charge is 0.322 e. The smallest absolute Gasteiger partial charge is 0.159 e. The van der Waals surface area contributed by atoms with Crippen molar-refractivity contribution in [3.63, 3.8) is 0 Å². The Bertz CT molecular complexity index is 913. The Balaban J connectivity index is 1.99. The first kappa shape index (κ1) is 14.7. The van der Waals surface area contributed by atoms with Crippen LogP contribution in [0.5, 0.6) is 0 Å². The summed E-state index contributed by atoms with van der Waals surface area (Å²) in [7, 11) is 0. The highest BCUT2D eigenvalue weighted by Gasteiger charge is 2.11. The molecule has 0 amide bonds. The number of halogens is 1. The van der Waals surface area contributed by atoms with Gasteiger partial charge in [0.1, 0.15) is 17.7 Å². The monoisotopic (exact) mass is 320 g/mol. The predicted octanol–water partition coefficient (Wildman–Crippen LogP) is 2.79. The summed E-state index contributed by atoms with van der Waals surface area (Å²) >= 11 is 5.78. The first-order valence-electron chi connectivity index (χ1n) is 6.64. The van der Waals surface area contributed by atoms with Gasteiger partial charge in [0.05, 0.1) is 23.2 Å². The van der Waals surface area contributed by atoms with E-state index in [0.717, 1.165) is 5.56 Å². The summed E-state index contributed by atoms with van der Waals surface area (Å²) in [6.07, 6.45) is 4.69. The third-order valence-corrected chi connectivity index (χ3v) is 3.34. The van der Waals surface area contributed by atoms with Gasteiger partial charge in [0, 0.05) is 24.2 Å². The lowest BCUT2D eigenvalue weighted by Gasteiger charge is -2.07. The number of hydrogen-bond acceptors (Lipinski definition) is 5. The van der Waals surface area contributed by atoms with Crippen molar-refractivity contribution >= 4 is 11.6 Å². The van der Waals surface area contributed by atoms with Gasteiger partial charge in [0.2, 0.25) is 0 Å². The fourth-order valence-electron chi connectivity index (χ4n) is 2.09. The van der Waals surface area contributed by atoms with E-state index in [0.29, 0.717) is 34.5 Å². The fraction of sp³-hybridized carbons (Fsp3) is 0.0625. The molecule has 0 spiro atoms. The van der Waals surface area contributed by atoms with Crippen molar-refractivity contribution in [3.8, 4) is 23.5 Å². The summed E-state index contributed by atoms with van der Waals surface area (Å²) in [5.41, 5.74) is 1.67. The van der Waals surface area contributed by atoms with Gasteiger partial charge in [-0.25, -0.2) is 15.0 Å². The first-order valence-corrected chi connectivity index (χ1v) is 7.01. The number of nitriles is 2. The van der Waals surface area contributed by atoms with E-state index in [1.54, 1.807) is 35.0 Å². The molecule has 3 aromatic rings. The molecule has 0 bridgehead atoms. The lowest BCUT2D eigenvalue weighted by Crippen LogP contribution is -2.04. The predicted molar refractivity (Wildman–Crippen MR) is 83.2 cm³/mol. The Kier molecular flexibility index (Phi) is 4.01. The van der Waals surface area contributed by atoms with Gasteiger partial charge in [-0.05, 0) is 24.3 Å². The second-order valence-corrected chi connectivity index (χ2v) is 5.13. The van der Waals surface area contributed by atoms with Crippen LogP contribution in [0.1, 0.15) is 17.1 Å². The Morgan fingerprint density at radius 1 is 1.04 bits per heavy atom. The van der Waals surface area contributed by atoms with Crippen LogP contribution in [0.2, 0.25) is 5.02 Å². The lowest BCUT2D eigenvalue weighted by atomic mass is 10.1. The summed E-state index contributed by atoms with van der Waals surface area (Å²) in [6.45, 7) is 0.362. The molecular formula is C16H9ClN6. The lowest BCUT2D eigenvalue weighted by molar-refractivity contribution is 0.750. The van der Waals surface area contributed by atoms with Gasteiger partial charge in [-0.3, -0.25) is 0 Å². The molecule has 0 fully saturated rings. The maximum Gasteiger partial charge on any atom is 0.159 e. The summed E-state index contributed by atoms with van der Waals surface area (Å²) in [4.78, 5) is 12.6. The van der Waals surface area contributed by atoms with Crippen LogP contribution in [-0.4, -0.2) is 19.5 Å².